The number of halogens is 2. The molecule has 0 fully saturated rings. The first-order valence-electron chi connectivity index (χ1n) is 20.5. The monoisotopic (exact) mass is 878 g/mol. The topological polar surface area (TPSA) is 0 Å². The maximum atomic E-state index is 3.53. The van der Waals surface area contributed by atoms with Crippen LogP contribution in [0.15, 0.2) is 96.1 Å². The zero-order valence-electron chi connectivity index (χ0n) is 38.3. The van der Waals surface area contributed by atoms with Crippen LogP contribution in [0.3, 0.4) is 0 Å². The SMILES string of the molecule is CC(C)(C)c1c[c-]c2c(c1)-c1cc(C(C)(C)C)ccc1C2.CC(C)(C)c1ccc([C](=[Zr+2])c2ccc(C(C)(C)C)cc2)cc1.CCC1=[C-]C(C)C=C1C(C)(C)C.[Cl-].[Cl-]. The van der Waals surface area contributed by atoms with Gasteiger partial charge in [0.2, 0.25) is 0 Å². The van der Waals surface area contributed by atoms with Crippen LogP contribution in [0.5, 0.6) is 0 Å². The fraction of sp³-hybridized carbons (Fsp3) is 0.463. The molecule has 57 heavy (non-hydrogen) atoms. The average Bonchev–Trinajstić information content (AvgIpc) is 3.66. The van der Waals surface area contributed by atoms with Gasteiger partial charge < -0.3 is 24.8 Å². The molecule has 0 heterocycles. The third-order valence-electron chi connectivity index (χ3n) is 10.9. The number of benzene rings is 4. The smallest absolute Gasteiger partial charge is 0.0642 e. The average molecular weight is 881 g/mol. The first-order chi connectivity index (χ1) is 25.2. The second-order valence-corrected chi connectivity index (χ2v) is 22.2. The molecule has 306 valence electrons. The van der Waals surface area contributed by atoms with Gasteiger partial charge in [-0.05, 0) is 17.4 Å². The summed E-state index contributed by atoms with van der Waals surface area (Å²) in [5.74, 6) is 0.522. The van der Waals surface area contributed by atoms with Crippen LogP contribution in [0.4, 0.5) is 0 Å². The fourth-order valence-corrected chi connectivity index (χ4v) is 7.98. The molecule has 0 amide bonds. The number of hydrogen-bond acceptors (Lipinski definition) is 0. The Morgan fingerprint density at radius 1 is 0.579 bits per heavy atom. The van der Waals surface area contributed by atoms with Crippen molar-refractivity contribution < 1.29 is 49.0 Å². The van der Waals surface area contributed by atoms with Crippen LogP contribution in [0.25, 0.3) is 11.1 Å². The molecule has 0 nitrogen and oxygen atoms in total. The van der Waals surface area contributed by atoms with Crippen molar-refractivity contribution in [3.63, 3.8) is 0 Å². The van der Waals surface area contributed by atoms with E-state index in [0.29, 0.717) is 11.3 Å². The molecule has 0 spiro atoms. The maximum Gasteiger partial charge on any atom is -0.0642 e. The summed E-state index contributed by atoms with van der Waals surface area (Å²) in [6, 6.07) is 33.2. The summed E-state index contributed by atoms with van der Waals surface area (Å²) in [5, 5.41) is 0. The molecule has 2 aliphatic rings. The van der Waals surface area contributed by atoms with Crippen molar-refractivity contribution in [2.24, 2.45) is 11.3 Å². The van der Waals surface area contributed by atoms with Crippen LogP contribution < -0.4 is 24.8 Å². The van der Waals surface area contributed by atoms with E-state index in [4.69, 9.17) is 0 Å². The van der Waals surface area contributed by atoms with Gasteiger partial charge in [0, 0.05) is 0 Å². The van der Waals surface area contributed by atoms with Gasteiger partial charge in [0.05, 0.1) is 0 Å². The van der Waals surface area contributed by atoms with Crippen LogP contribution >= 0.6 is 0 Å². The van der Waals surface area contributed by atoms with Gasteiger partial charge in [-0.2, -0.15) is 41.0 Å². The Balaban J connectivity index is 0.000000302. The Hall–Kier alpha value is -2.31. The van der Waals surface area contributed by atoms with Gasteiger partial charge >= 0.3 is 151 Å². The predicted molar refractivity (Wildman–Crippen MR) is 238 cm³/mol. The van der Waals surface area contributed by atoms with Crippen LogP contribution in [0, 0.1) is 23.5 Å². The molecule has 3 heteroatoms. The minimum atomic E-state index is 0. The van der Waals surface area contributed by atoms with Crippen molar-refractivity contribution in [1.82, 2.24) is 0 Å². The molecular formula is C54H70Cl2Zr-2. The Morgan fingerprint density at radius 3 is 1.39 bits per heavy atom. The summed E-state index contributed by atoms with van der Waals surface area (Å²) < 4.78 is 1.42. The van der Waals surface area contributed by atoms with E-state index >= 15 is 0 Å². The van der Waals surface area contributed by atoms with E-state index in [0.717, 1.165) is 12.8 Å². The molecule has 0 bridgehead atoms. The van der Waals surface area contributed by atoms with Gasteiger partial charge in [0.15, 0.2) is 0 Å². The van der Waals surface area contributed by atoms with E-state index in [-0.39, 0.29) is 46.5 Å². The number of allylic oxidation sites excluding steroid dienone is 4. The molecule has 1 atom stereocenters. The Kier molecular flexibility index (Phi) is 17.3. The van der Waals surface area contributed by atoms with Gasteiger partial charge in [0.25, 0.3) is 0 Å². The number of fused-ring (bicyclic) bond motifs is 3. The van der Waals surface area contributed by atoms with Crippen LogP contribution in [0.2, 0.25) is 0 Å². The Bertz CT molecular complexity index is 1900. The Morgan fingerprint density at radius 2 is 1.00 bits per heavy atom. The second-order valence-electron chi connectivity index (χ2n) is 21.0. The molecule has 0 N–H and O–H groups in total. The third-order valence-corrected chi connectivity index (χ3v) is 12.3. The summed E-state index contributed by atoms with van der Waals surface area (Å²) >= 11 is 1.46. The maximum absolute atomic E-state index is 3.53. The van der Waals surface area contributed by atoms with Gasteiger partial charge in [-0.3, -0.25) is 6.08 Å². The molecule has 0 saturated carbocycles. The third kappa shape index (κ3) is 13.3. The number of hydrogen-bond donors (Lipinski definition) is 0. The Labute approximate surface area is 377 Å². The largest absolute Gasteiger partial charge is 1.00 e. The van der Waals surface area contributed by atoms with Crippen molar-refractivity contribution in [3.8, 4) is 11.1 Å². The molecule has 4 aromatic rings. The van der Waals surface area contributed by atoms with Gasteiger partial charge in [-0.15, -0.1) is 5.56 Å². The summed E-state index contributed by atoms with van der Waals surface area (Å²) in [7, 11) is 0. The summed E-state index contributed by atoms with van der Waals surface area (Å²) in [6.45, 7) is 38.4. The van der Waals surface area contributed by atoms with E-state index in [1.54, 1.807) is 0 Å². The first-order valence-corrected chi connectivity index (χ1v) is 21.8. The summed E-state index contributed by atoms with van der Waals surface area (Å²) in [6.07, 6.45) is 7.98. The van der Waals surface area contributed by atoms with E-state index < -0.39 is 0 Å². The fourth-order valence-electron chi connectivity index (χ4n) is 7.17. The van der Waals surface area contributed by atoms with E-state index in [1.165, 1.54) is 94.2 Å². The van der Waals surface area contributed by atoms with Crippen molar-refractivity contribution in [1.29, 1.82) is 0 Å². The van der Waals surface area contributed by atoms with Crippen molar-refractivity contribution in [2.45, 2.75) is 152 Å². The standard InChI is InChI=1S/C21H25.C21H26.C12H19.2ClH.Zr/c1-20(2,3)16-9-7-14-11-15-8-10-17(21(4,5)6)13-19(15)18(14)12-16;1-20(2,3)18-11-7-16(8-12-18)15-17-9-13-19(14-10-17)21(4,5)6;1-6-10-7-9(2)8-11(10)12(3,4)5;;;/h7,9-10,12-13H,11H2,1-6H3;7-14H,1-6H3;8-9H,6H2,1-5H3;2*1H;/q-1;;-1;;;+2/p-2. The molecule has 0 radical (unpaired) electrons. The van der Waals surface area contributed by atoms with Gasteiger partial charge in [0.1, 0.15) is 0 Å². The van der Waals surface area contributed by atoms with Crippen LogP contribution in [-0.4, -0.2) is 3.21 Å². The second kappa shape index (κ2) is 19.4. The minimum Gasteiger partial charge on any atom is -1.00 e. The van der Waals surface area contributed by atoms with Crippen LogP contribution in [0.1, 0.15) is 169 Å². The molecule has 0 aromatic heterocycles. The minimum absolute atomic E-state index is 0. The number of rotatable bonds is 3. The van der Waals surface area contributed by atoms with E-state index in [1.807, 2.05) is 0 Å². The first kappa shape index (κ1) is 50.8. The summed E-state index contributed by atoms with van der Waals surface area (Å²) in [5.41, 5.74) is 17.9. The molecule has 0 saturated heterocycles. The zero-order valence-corrected chi connectivity index (χ0v) is 42.3. The van der Waals surface area contributed by atoms with E-state index in [2.05, 4.69) is 215 Å². The quantitative estimate of drug-likeness (QED) is 0.159. The van der Waals surface area contributed by atoms with Gasteiger partial charge in [-0.1, -0.05) is 129 Å². The van der Waals surface area contributed by atoms with Crippen molar-refractivity contribution in [3.05, 3.63) is 153 Å². The molecule has 0 aliphatic heterocycles. The molecule has 6 rings (SSSR count). The zero-order chi connectivity index (χ0) is 41.3. The van der Waals surface area contributed by atoms with E-state index in [9.17, 15) is 0 Å². The van der Waals surface area contributed by atoms with Crippen molar-refractivity contribution >= 4 is 3.21 Å². The molecule has 1 unspecified atom stereocenters. The normalized spacial score (nSPS) is 15.0. The molecular weight excluding hydrogens is 811 g/mol. The van der Waals surface area contributed by atoms with Crippen LogP contribution in [-0.2, 0) is 52.3 Å². The van der Waals surface area contributed by atoms with Gasteiger partial charge in [-0.25, -0.2) is 5.57 Å². The predicted octanol–water partition coefficient (Wildman–Crippen LogP) is 8.81. The van der Waals surface area contributed by atoms with Crippen molar-refractivity contribution in [2.75, 3.05) is 0 Å². The molecule has 4 aromatic carbocycles. The molecule has 2 aliphatic carbocycles. The summed E-state index contributed by atoms with van der Waals surface area (Å²) in [4.78, 5) is 0.